The first-order valence-electron chi connectivity index (χ1n) is 10.9. The molecule has 2 rings (SSSR count). The molecule has 1 heteroatoms. The Bertz CT molecular complexity index is 284. The largest absolute Gasteiger partial charge is 0.396 e. The van der Waals surface area contributed by atoms with Gasteiger partial charge in [-0.25, -0.2) is 0 Å². The van der Waals surface area contributed by atoms with Crippen LogP contribution < -0.4 is 0 Å². The van der Waals surface area contributed by atoms with E-state index in [0.717, 1.165) is 36.0 Å². The Morgan fingerprint density at radius 2 is 1.26 bits per heavy atom. The number of aliphatic hydroxyl groups excluding tert-OH is 1. The number of hydrogen-bond donors (Lipinski definition) is 1. The van der Waals surface area contributed by atoms with Gasteiger partial charge in [-0.3, -0.25) is 0 Å². The molecule has 0 bridgehead atoms. The summed E-state index contributed by atoms with van der Waals surface area (Å²) in [5.74, 6) is 4.70. The molecule has 1 nitrogen and oxygen atoms in total. The lowest BCUT2D eigenvalue weighted by Crippen LogP contribution is -2.31. The maximum Gasteiger partial charge on any atom is 0.0433 e. The van der Waals surface area contributed by atoms with Crippen LogP contribution in [-0.2, 0) is 0 Å². The zero-order valence-electron chi connectivity index (χ0n) is 15.9. The van der Waals surface area contributed by atoms with Gasteiger partial charge in [-0.15, -0.1) is 0 Å². The van der Waals surface area contributed by atoms with Crippen LogP contribution >= 0.6 is 0 Å². The maximum absolute atomic E-state index is 9.60. The number of aliphatic hydroxyl groups is 1. The molecular weight excluding hydrogens is 280 g/mol. The van der Waals surface area contributed by atoms with E-state index < -0.39 is 0 Å². The third kappa shape index (κ3) is 6.07. The molecule has 1 unspecified atom stereocenters. The van der Waals surface area contributed by atoms with E-state index in [1.807, 2.05) is 0 Å². The van der Waals surface area contributed by atoms with Crippen LogP contribution in [0.5, 0.6) is 0 Å². The summed E-state index contributed by atoms with van der Waals surface area (Å²) in [5.41, 5.74) is 0. The molecule has 0 aliphatic heterocycles. The van der Waals surface area contributed by atoms with E-state index >= 15 is 0 Å². The van der Waals surface area contributed by atoms with Gasteiger partial charge >= 0.3 is 0 Å². The van der Waals surface area contributed by atoms with Crippen molar-refractivity contribution in [3.05, 3.63) is 0 Å². The molecule has 1 N–H and O–H groups in total. The molecule has 0 amide bonds. The minimum Gasteiger partial charge on any atom is -0.396 e. The normalized spacial score (nSPS) is 33.5. The Morgan fingerprint density at radius 1 is 0.739 bits per heavy atom. The molecule has 0 spiro atoms. The molecule has 136 valence electrons. The van der Waals surface area contributed by atoms with Gasteiger partial charge in [-0.05, 0) is 61.7 Å². The number of hydrogen-bond acceptors (Lipinski definition) is 1. The molecule has 1 atom stereocenters. The van der Waals surface area contributed by atoms with Crippen LogP contribution in [0.25, 0.3) is 0 Å². The summed E-state index contributed by atoms with van der Waals surface area (Å²) in [7, 11) is 0. The van der Waals surface area contributed by atoms with Gasteiger partial charge in [0.15, 0.2) is 0 Å². The van der Waals surface area contributed by atoms with E-state index in [0.29, 0.717) is 6.61 Å². The van der Waals surface area contributed by atoms with Gasteiger partial charge in [-0.1, -0.05) is 71.6 Å². The third-order valence-corrected chi connectivity index (χ3v) is 7.12. The zero-order chi connectivity index (χ0) is 16.5. The van der Waals surface area contributed by atoms with Gasteiger partial charge in [0, 0.05) is 6.61 Å². The van der Waals surface area contributed by atoms with Crippen molar-refractivity contribution >= 4 is 0 Å². The molecule has 0 aromatic heterocycles. The monoisotopic (exact) mass is 322 g/mol. The highest BCUT2D eigenvalue weighted by Gasteiger charge is 2.34. The maximum atomic E-state index is 9.60. The lowest BCUT2D eigenvalue weighted by Gasteiger charge is -2.41. The fourth-order valence-corrected chi connectivity index (χ4v) is 5.72. The minimum absolute atomic E-state index is 0.412. The van der Waals surface area contributed by atoms with E-state index in [1.165, 1.54) is 83.5 Å². The van der Waals surface area contributed by atoms with E-state index in [2.05, 4.69) is 13.8 Å². The average molecular weight is 323 g/mol. The Morgan fingerprint density at radius 3 is 1.70 bits per heavy atom. The average Bonchev–Trinajstić information content (AvgIpc) is 2.60. The highest BCUT2D eigenvalue weighted by molar-refractivity contribution is 4.85. The lowest BCUT2D eigenvalue weighted by atomic mass is 9.65. The van der Waals surface area contributed by atoms with E-state index in [4.69, 9.17) is 0 Å². The number of rotatable bonds is 9. The van der Waals surface area contributed by atoms with Gasteiger partial charge in [0.25, 0.3) is 0 Å². The Hall–Kier alpha value is -0.0400. The van der Waals surface area contributed by atoms with Gasteiger partial charge in [0.2, 0.25) is 0 Å². The zero-order valence-corrected chi connectivity index (χ0v) is 15.9. The van der Waals surface area contributed by atoms with Gasteiger partial charge in [-0.2, -0.15) is 0 Å². The quantitative estimate of drug-likeness (QED) is 0.508. The van der Waals surface area contributed by atoms with Crippen molar-refractivity contribution in [2.45, 2.75) is 104 Å². The van der Waals surface area contributed by atoms with Crippen molar-refractivity contribution in [3.63, 3.8) is 0 Å². The second-order valence-electron chi connectivity index (χ2n) is 8.67. The van der Waals surface area contributed by atoms with Crippen molar-refractivity contribution < 1.29 is 5.11 Å². The second kappa shape index (κ2) is 10.7. The van der Waals surface area contributed by atoms with Crippen LogP contribution in [0.1, 0.15) is 104 Å². The number of unbranched alkanes of at least 4 members (excludes halogenated alkanes) is 1. The van der Waals surface area contributed by atoms with Gasteiger partial charge in [0.05, 0.1) is 0 Å². The molecular formula is C22H42O. The van der Waals surface area contributed by atoms with Crippen LogP contribution in [0.2, 0.25) is 0 Å². The molecule has 0 saturated heterocycles. The van der Waals surface area contributed by atoms with Gasteiger partial charge in [0.1, 0.15) is 0 Å². The fourth-order valence-electron chi connectivity index (χ4n) is 5.72. The predicted molar refractivity (Wildman–Crippen MR) is 101 cm³/mol. The lowest BCUT2D eigenvalue weighted by molar-refractivity contribution is 0.0857. The van der Waals surface area contributed by atoms with Crippen LogP contribution in [0.15, 0.2) is 0 Å². The SMILES string of the molecule is CCCCC1CCC(C(CCO)C2CCC(CCC)CC2)CC1. The van der Waals surface area contributed by atoms with Crippen molar-refractivity contribution in [1.29, 1.82) is 0 Å². The predicted octanol–water partition coefficient (Wildman–Crippen LogP) is 6.59. The minimum atomic E-state index is 0.412. The molecule has 0 heterocycles. The Labute approximate surface area is 145 Å². The van der Waals surface area contributed by atoms with Crippen LogP contribution in [0.4, 0.5) is 0 Å². The summed E-state index contributed by atoms with van der Waals surface area (Å²) in [6, 6.07) is 0. The molecule has 0 aromatic rings. The van der Waals surface area contributed by atoms with Crippen molar-refractivity contribution in [2.75, 3.05) is 6.61 Å². The molecule has 2 saturated carbocycles. The summed E-state index contributed by atoms with van der Waals surface area (Å²) in [4.78, 5) is 0. The molecule has 23 heavy (non-hydrogen) atoms. The van der Waals surface area contributed by atoms with E-state index in [-0.39, 0.29) is 0 Å². The second-order valence-corrected chi connectivity index (χ2v) is 8.67. The third-order valence-electron chi connectivity index (χ3n) is 7.12. The smallest absolute Gasteiger partial charge is 0.0433 e. The van der Waals surface area contributed by atoms with Crippen LogP contribution in [0.3, 0.4) is 0 Å². The first-order chi connectivity index (χ1) is 11.3. The highest BCUT2D eigenvalue weighted by Crippen LogP contribution is 2.44. The van der Waals surface area contributed by atoms with Crippen molar-refractivity contribution in [2.24, 2.45) is 29.6 Å². The van der Waals surface area contributed by atoms with E-state index in [1.54, 1.807) is 0 Å². The van der Waals surface area contributed by atoms with E-state index in [9.17, 15) is 5.11 Å². The standard InChI is InChI=1S/C22H42O/c1-3-5-7-19-10-14-21(15-11-19)22(16-17-23)20-12-8-18(6-4-2)9-13-20/h18-23H,3-17H2,1-2H3. The molecule has 0 aromatic carbocycles. The topological polar surface area (TPSA) is 20.2 Å². The van der Waals surface area contributed by atoms with Crippen LogP contribution in [0, 0.1) is 29.6 Å². The molecule has 2 aliphatic rings. The fraction of sp³-hybridized carbons (Fsp3) is 1.00. The summed E-state index contributed by atoms with van der Waals surface area (Å²) in [6.45, 7) is 5.06. The molecule has 0 radical (unpaired) electrons. The Kier molecular flexibility index (Phi) is 9.01. The first-order valence-corrected chi connectivity index (χ1v) is 10.9. The van der Waals surface area contributed by atoms with Crippen LogP contribution in [-0.4, -0.2) is 11.7 Å². The summed E-state index contributed by atoms with van der Waals surface area (Å²) >= 11 is 0. The van der Waals surface area contributed by atoms with Gasteiger partial charge < -0.3 is 5.11 Å². The summed E-state index contributed by atoms with van der Waals surface area (Å²) in [6.07, 6.45) is 19.8. The Balaban J connectivity index is 1.80. The van der Waals surface area contributed by atoms with Crippen molar-refractivity contribution in [3.8, 4) is 0 Å². The van der Waals surface area contributed by atoms with Crippen molar-refractivity contribution in [1.82, 2.24) is 0 Å². The summed E-state index contributed by atoms with van der Waals surface area (Å²) < 4.78 is 0. The summed E-state index contributed by atoms with van der Waals surface area (Å²) in [5, 5.41) is 9.60. The highest BCUT2D eigenvalue weighted by atomic mass is 16.3. The molecule has 2 aliphatic carbocycles. The first kappa shape index (κ1) is 19.3. The molecule has 2 fully saturated rings.